The van der Waals surface area contributed by atoms with Gasteiger partial charge in [0.1, 0.15) is 0 Å². The average Bonchev–Trinajstić information content (AvgIpc) is 3.04. The summed E-state index contributed by atoms with van der Waals surface area (Å²) in [6.07, 6.45) is 3.95. The van der Waals surface area contributed by atoms with Crippen molar-refractivity contribution in [2.24, 2.45) is 0 Å². The number of amides is 1. The van der Waals surface area contributed by atoms with E-state index >= 15 is 0 Å². The fraction of sp³-hybridized carbons (Fsp3) is 0.435. The first-order chi connectivity index (χ1) is 13.9. The van der Waals surface area contributed by atoms with E-state index < -0.39 is 5.97 Å². The zero-order valence-corrected chi connectivity index (χ0v) is 17.2. The lowest BCUT2D eigenvalue weighted by atomic mass is 9.82. The van der Waals surface area contributed by atoms with Gasteiger partial charge < -0.3 is 15.0 Å². The lowest BCUT2D eigenvalue weighted by Gasteiger charge is -2.29. The highest BCUT2D eigenvalue weighted by Crippen LogP contribution is 2.32. The third-order valence-electron chi connectivity index (χ3n) is 5.77. The number of rotatable bonds is 6. The van der Waals surface area contributed by atoms with Crippen molar-refractivity contribution in [2.75, 3.05) is 7.11 Å². The first-order valence-electron chi connectivity index (χ1n) is 10.1. The third-order valence-corrected chi connectivity index (χ3v) is 5.77. The number of benzene rings is 1. The minimum atomic E-state index is -0.544. The van der Waals surface area contributed by atoms with Crippen LogP contribution >= 0.6 is 0 Å². The first kappa shape index (κ1) is 20.8. The summed E-state index contributed by atoms with van der Waals surface area (Å²) in [6, 6.07) is 10.6. The van der Waals surface area contributed by atoms with Gasteiger partial charge in [0, 0.05) is 18.7 Å². The van der Waals surface area contributed by atoms with Gasteiger partial charge in [-0.25, -0.2) is 4.79 Å². The average molecular weight is 396 g/mol. The Morgan fingerprint density at radius 1 is 1.10 bits per heavy atom. The van der Waals surface area contributed by atoms with Crippen LogP contribution in [-0.4, -0.2) is 35.8 Å². The summed E-state index contributed by atoms with van der Waals surface area (Å²) >= 11 is 0. The topological polar surface area (TPSA) is 88.3 Å². The second kappa shape index (κ2) is 9.07. The molecule has 1 heterocycles. The van der Waals surface area contributed by atoms with Crippen molar-refractivity contribution >= 4 is 17.7 Å². The normalized spacial score (nSPS) is 18.9. The minimum Gasteiger partial charge on any atom is -0.465 e. The number of carbonyl (C=O) groups excluding carboxylic acids is 3. The number of ether oxygens (including phenoxy) is 1. The summed E-state index contributed by atoms with van der Waals surface area (Å²) < 4.78 is 4.83. The van der Waals surface area contributed by atoms with Crippen LogP contribution in [0.3, 0.4) is 0 Å². The predicted molar refractivity (Wildman–Crippen MR) is 110 cm³/mol. The lowest BCUT2D eigenvalue weighted by molar-refractivity contribution is -0.121. The monoisotopic (exact) mass is 396 g/mol. The van der Waals surface area contributed by atoms with Gasteiger partial charge in [0.05, 0.1) is 24.8 Å². The molecule has 0 atom stereocenters. The van der Waals surface area contributed by atoms with Crippen LogP contribution in [0.5, 0.6) is 0 Å². The van der Waals surface area contributed by atoms with E-state index in [-0.39, 0.29) is 29.7 Å². The maximum absolute atomic E-state index is 12.6. The van der Waals surface area contributed by atoms with Crippen molar-refractivity contribution in [1.29, 1.82) is 0 Å². The van der Waals surface area contributed by atoms with Crippen LogP contribution in [0.1, 0.15) is 76.2 Å². The number of aromatic amines is 1. The molecule has 154 valence electrons. The molecule has 0 spiro atoms. The molecule has 1 saturated carbocycles. The molecule has 3 rings (SSSR count). The van der Waals surface area contributed by atoms with Crippen LogP contribution in [0.25, 0.3) is 0 Å². The molecule has 1 aliphatic carbocycles. The van der Waals surface area contributed by atoms with E-state index in [1.807, 2.05) is 6.07 Å². The molecule has 0 aliphatic heterocycles. The van der Waals surface area contributed by atoms with Gasteiger partial charge in [-0.1, -0.05) is 30.3 Å². The number of H-pyrrole nitrogens is 1. The van der Waals surface area contributed by atoms with Crippen LogP contribution in [0, 0.1) is 6.92 Å². The molecule has 1 aromatic carbocycles. The molecular weight excluding hydrogens is 368 g/mol. The molecule has 1 aromatic heterocycles. The van der Waals surface area contributed by atoms with Gasteiger partial charge in [0.2, 0.25) is 5.91 Å². The Labute approximate surface area is 171 Å². The minimum absolute atomic E-state index is 0.0111. The van der Waals surface area contributed by atoms with E-state index in [0.29, 0.717) is 22.9 Å². The Kier molecular flexibility index (Phi) is 6.52. The standard InChI is InChI=1S/C23H28N2O4/c1-14-21(23(28)29-3)19(25-22(14)15(2)26)13-20(27)24-18-11-9-17(10-12-18)16-7-5-4-6-8-16/h4-8,17-18,25H,9-13H2,1-3H3,(H,24,27). The maximum atomic E-state index is 12.6. The van der Waals surface area contributed by atoms with Crippen LogP contribution in [0.4, 0.5) is 0 Å². The second-order valence-electron chi connectivity index (χ2n) is 7.73. The van der Waals surface area contributed by atoms with E-state index in [0.717, 1.165) is 25.7 Å². The summed E-state index contributed by atoms with van der Waals surface area (Å²) in [5.41, 5.74) is 2.93. The first-order valence-corrected chi connectivity index (χ1v) is 10.1. The van der Waals surface area contributed by atoms with Gasteiger partial charge in [-0.15, -0.1) is 0 Å². The molecule has 0 radical (unpaired) electrons. The highest BCUT2D eigenvalue weighted by Gasteiger charge is 2.26. The van der Waals surface area contributed by atoms with Crippen molar-refractivity contribution in [3.8, 4) is 0 Å². The molecule has 1 aliphatic rings. The molecule has 1 amide bonds. The molecule has 6 nitrogen and oxygen atoms in total. The largest absolute Gasteiger partial charge is 0.465 e. The Balaban J connectivity index is 1.62. The third kappa shape index (κ3) is 4.75. The Hall–Kier alpha value is -2.89. The zero-order chi connectivity index (χ0) is 21.0. The van der Waals surface area contributed by atoms with E-state index in [2.05, 4.69) is 34.6 Å². The molecule has 1 fully saturated rings. The van der Waals surface area contributed by atoms with Gasteiger partial charge in [-0.2, -0.15) is 0 Å². The van der Waals surface area contributed by atoms with Crippen molar-refractivity contribution in [2.45, 2.75) is 57.9 Å². The van der Waals surface area contributed by atoms with Crippen molar-refractivity contribution in [1.82, 2.24) is 10.3 Å². The molecule has 2 aromatic rings. The van der Waals surface area contributed by atoms with E-state index in [1.54, 1.807) is 6.92 Å². The molecular formula is C23H28N2O4. The van der Waals surface area contributed by atoms with Gasteiger partial charge in [0.25, 0.3) is 0 Å². The van der Waals surface area contributed by atoms with Gasteiger partial charge >= 0.3 is 5.97 Å². The predicted octanol–water partition coefficient (Wildman–Crippen LogP) is 3.70. The van der Waals surface area contributed by atoms with E-state index in [9.17, 15) is 14.4 Å². The van der Waals surface area contributed by atoms with Crippen molar-refractivity contribution in [3.63, 3.8) is 0 Å². The van der Waals surface area contributed by atoms with Crippen LogP contribution in [-0.2, 0) is 16.0 Å². The summed E-state index contributed by atoms with van der Waals surface area (Å²) in [5.74, 6) is -0.343. The maximum Gasteiger partial charge on any atom is 0.339 e. The van der Waals surface area contributed by atoms with Crippen LogP contribution in [0.15, 0.2) is 30.3 Å². The summed E-state index contributed by atoms with van der Waals surface area (Å²) in [7, 11) is 1.29. The number of ketones is 1. The molecule has 6 heteroatoms. The smallest absolute Gasteiger partial charge is 0.339 e. The Morgan fingerprint density at radius 2 is 1.76 bits per heavy atom. The highest BCUT2D eigenvalue weighted by atomic mass is 16.5. The number of methoxy groups -OCH3 is 1. The zero-order valence-electron chi connectivity index (χ0n) is 17.2. The van der Waals surface area contributed by atoms with Crippen molar-refractivity contribution in [3.05, 3.63) is 58.4 Å². The fourth-order valence-corrected chi connectivity index (χ4v) is 4.26. The highest BCUT2D eigenvalue weighted by molar-refractivity contribution is 6.01. The molecule has 0 bridgehead atoms. The molecule has 0 unspecified atom stereocenters. The molecule has 2 N–H and O–H groups in total. The summed E-state index contributed by atoms with van der Waals surface area (Å²) in [5, 5.41) is 3.09. The quantitative estimate of drug-likeness (QED) is 0.576. The van der Waals surface area contributed by atoms with Crippen LogP contribution < -0.4 is 5.32 Å². The SMILES string of the molecule is COC(=O)c1c(CC(=O)NC2CCC(c3ccccc3)CC2)[nH]c(C(C)=O)c1C. The molecule has 29 heavy (non-hydrogen) atoms. The summed E-state index contributed by atoms with van der Waals surface area (Å²) in [6.45, 7) is 3.11. The van der Waals surface area contributed by atoms with E-state index in [4.69, 9.17) is 4.74 Å². The number of aromatic nitrogens is 1. The van der Waals surface area contributed by atoms with E-state index in [1.165, 1.54) is 19.6 Å². The number of hydrogen-bond acceptors (Lipinski definition) is 4. The number of esters is 1. The Bertz CT molecular complexity index is 893. The van der Waals surface area contributed by atoms with Crippen LogP contribution in [0.2, 0.25) is 0 Å². The van der Waals surface area contributed by atoms with Gasteiger partial charge in [-0.05, 0) is 49.7 Å². The number of hydrogen-bond donors (Lipinski definition) is 2. The fourth-order valence-electron chi connectivity index (χ4n) is 4.26. The number of Topliss-reactive ketones (excluding diaryl/α,β-unsaturated/α-hetero) is 1. The van der Waals surface area contributed by atoms with Gasteiger partial charge in [-0.3, -0.25) is 9.59 Å². The van der Waals surface area contributed by atoms with Crippen molar-refractivity contribution < 1.29 is 19.1 Å². The summed E-state index contributed by atoms with van der Waals surface area (Å²) in [4.78, 5) is 39.5. The number of nitrogens with one attached hydrogen (secondary N) is 2. The lowest BCUT2D eigenvalue weighted by Crippen LogP contribution is -2.38. The van der Waals surface area contributed by atoms with Gasteiger partial charge in [0.15, 0.2) is 5.78 Å². The second-order valence-corrected chi connectivity index (χ2v) is 7.73. The number of carbonyl (C=O) groups is 3. The molecule has 0 saturated heterocycles. The Morgan fingerprint density at radius 3 is 2.34 bits per heavy atom.